The second-order valence-corrected chi connectivity index (χ2v) is 4.48. The van der Waals surface area contributed by atoms with E-state index in [1.807, 2.05) is 30.3 Å². The Hall–Kier alpha value is -3.33. The fourth-order valence-electron chi connectivity index (χ4n) is 1.79. The lowest BCUT2D eigenvalue weighted by Crippen LogP contribution is -2.08. The van der Waals surface area contributed by atoms with Gasteiger partial charge in [0, 0.05) is 18.2 Å². The molecule has 0 saturated heterocycles. The summed E-state index contributed by atoms with van der Waals surface area (Å²) in [5.74, 6) is 1.25. The van der Waals surface area contributed by atoms with E-state index >= 15 is 0 Å². The molecular weight excluding hydrogens is 296 g/mol. The fourth-order valence-corrected chi connectivity index (χ4v) is 1.79. The first-order chi connectivity index (χ1) is 11.2. The third-order valence-electron chi connectivity index (χ3n) is 2.90. The van der Waals surface area contributed by atoms with Gasteiger partial charge in [-0.25, -0.2) is 0 Å². The number of allylic oxidation sites excluding steroid dienone is 1. The smallest absolute Gasteiger partial charge is 0.269 e. The number of hydrogen-bond acceptors (Lipinski definition) is 5. The van der Waals surface area contributed by atoms with E-state index < -0.39 is 4.92 Å². The third kappa shape index (κ3) is 5.17. The van der Waals surface area contributed by atoms with Crippen molar-refractivity contribution in [2.24, 2.45) is 0 Å². The lowest BCUT2D eigenvalue weighted by molar-refractivity contribution is -0.384. The predicted octanol–water partition coefficient (Wildman–Crippen LogP) is 3.59. The summed E-state index contributed by atoms with van der Waals surface area (Å²) < 4.78 is 11.0. The summed E-state index contributed by atoms with van der Waals surface area (Å²) in [5.41, 5.74) is 0.945. The largest absolute Gasteiger partial charge is 0.490 e. The van der Waals surface area contributed by atoms with Crippen LogP contribution in [-0.4, -0.2) is 18.1 Å². The Bertz CT molecular complexity index is 716. The van der Waals surface area contributed by atoms with E-state index in [2.05, 4.69) is 0 Å². The van der Waals surface area contributed by atoms with Gasteiger partial charge < -0.3 is 9.47 Å². The highest BCUT2D eigenvalue weighted by atomic mass is 16.6. The van der Waals surface area contributed by atoms with E-state index in [1.165, 1.54) is 18.2 Å². The normalized spacial score (nSPS) is 10.2. The van der Waals surface area contributed by atoms with Crippen LogP contribution in [0.1, 0.15) is 5.56 Å². The zero-order chi connectivity index (χ0) is 16.5. The molecule has 2 aromatic rings. The molecule has 6 heteroatoms. The number of nitro groups is 1. The van der Waals surface area contributed by atoms with Crippen LogP contribution in [0.25, 0.3) is 6.08 Å². The van der Waals surface area contributed by atoms with Gasteiger partial charge in [0.2, 0.25) is 0 Å². The minimum atomic E-state index is -0.456. The second kappa shape index (κ2) is 8.20. The Morgan fingerprint density at radius 2 is 1.52 bits per heavy atom. The predicted molar refractivity (Wildman–Crippen MR) is 85.2 cm³/mol. The van der Waals surface area contributed by atoms with Crippen LogP contribution in [0.4, 0.5) is 5.69 Å². The SMILES string of the molecule is N#C/C=C/c1ccc(OCCOc2ccc([N+](=O)[O-])cc2)cc1. The van der Waals surface area contributed by atoms with E-state index in [4.69, 9.17) is 14.7 Å². The topological polar surface area (TPSA) is 85.4 Å². The van der Waals surface area contributed by atoms with Gasteiger partial charge in [-0.15, -0.1) is 0 Å². The Kier molecular flexibility index (Phi) is 5.72. The Labute approximate surface area is 133 Å². The number of hydrogen-bond donors (Lipinski definition) is 0. The van der Waals surface area contributed by atoms with Gasteiger partial charge in [-0.05, 0) is 35.9 Å². The quantitative estimate of drug-likeness (QED) is 0.337. The van der Waals surface area contributed by atoms with Crippen LogP contribution in [0, 0.1) is 21.4 Å². The third-order valence-corrected chi connectivity index (χ3v) is 2.90. The van der Waals surface area contributed by atoms with Crippen LogP contribution >= 0.6 is 0 Å². The first-order valence-electron chi connectivity index (χ1n) is 6.85. The molecule has 0 unspecified atom stereocenters. The Morgan fingerprint density at radius 1 is 1.00 bits per heavy atom. The van der Waals surface area contributed by atoms with Gasteiger partial charge >= 0.3 is 0 Å². The van der Waals surface area contributed by atoms with Gasteiger partial charge in [0.1, 0.15) is 24.7 Å². The van der Waals surface area contributed by atoms with Crippen molar-refractivity contribution in [1.82, 2.24) is 0 Å². The van der Waals surface area contributed by atoms with Gasteiger partial charge in [0.25, 0.3) is 5.69 Å². The number of nitro benzene ring substituents is 1. The number of benzene rings is 2. The van der Waals surface area contributed by atoms with Gasteiger partial charge in [0.05, 0.1) is 11.0 Å². The van der Waals surface area contributed by atoms with E-state index in [9.17, 15) is 10.1 Å². The average molecular weight is 310 g/mol. The monoisotopic (exact) mass is 310 g/mol. The molecule has 0 atom stereocenters. The second-order valence-electron chi connectivity index (χ2n) is 4.48. The summed E-state index contributed by atoms with van der Waals surface area (Å²) in [6, 6.07) is 15.1. The highest BCUT2D eigenvalue weighted by molar-refractivity contribution is 5.52. The molecule has 0 saturated carbocycles. The van der Waals surface area contributed by atoms with Gasteiger partial charge in [-0.3, -0.25) is 10.1 Å². The highest BCUT2D eigenvalue weighted by Gasteiger charge is 2.04. The summed E-state index contributed by atoms with van der Waals surface area (Å²) in [6.45, 7) is 0.679. The van der Waals surface area contributed by atoms with Crippen molar-refractivity contribution < 1.29 is 14.4 Å². The standard InChI is InChI=1S/C17H14N2O4/c18-11-1-2-14-3-7-16(8-4-14)22-12-13-23-17-9-5-15(6-10-17)19(20)21/h1-10H,12-13H2/b2-1+. The van der Waals surface area contributed by atoms with Crippen molar-refractivity contribution >= 4 is 11.8 Å². The molecule has 0 aliphatic carbocycles. The summed E-state index contributed by atoms with van der Waals surface area (Å²) in [4.78, 5) is 10.1. The van der Waals surface area contributed by atoms with Crippen LogP contribution in [0.2, 0.25) is 0 Å². The first kappa shape index (κ1) is 16.0. The van der Waals surface area contributed by atoms with Gasteiger partial charge in [-0.2, -0.15) is 5.26 Å². The number of rotatable bonds is 7. The maximum absolute atomic E-state index is 10.5. The molecule has 0 fully saturated rings. The lowest BCUT2D eigenvalue weighted by atomic mass is 10.2. The molecule has 0 amide bonds. The molecule has 0 heterocycles. The van der Waals surface area contributed by atoms with Gasteiger partial charge in [0.15, 0.2) is 0 Å². The molecule has 0 N–H and O–H groups in total. The van der Waals surface area contributed by atoms with E-state index in [0.29, 0.717) is 24.7 Å². The van der Waals surface area contributed by atoms with E-state index in [-0.39, 0.29) is 5.69 Å². The van der Waals surface area contributed by atoms with Crippen LogP contribution < -0.4 is 9.47 Å². The molecule has 0 spiro atoms. The minimum Gasteiger partial charge on any atom is -0.490 e. The van der Waals surface area contributed by atoms with Crippen molar-refractivity contribution in [3.05, 3.63) is 70.3 Å². The maximum atomic E-state index is 10.5. The van der Waals surface area contributed by atoms with Gasteiger partial charge in [-0.1, -0.05) is 12.1 Å². The average Bonchev–Trinajstić information content (AvgIpc) is 2.58. The molecule has 6 nitrogen and oxygen atoms in total. The molecule has 0 aliphatic heterocycles. The molecule has 0 bridgehead atoms. The first-order valence-corrected chi connectivity index (χ1v) is 6.85. The molecule has 23 heavy (non-hydrogen) atoms. The van der Waals surface area contributed by atoms with Crippen LogP contribution in [-0.2, 0) is 0 Å². The molecule has 0 radical (unpaired) electrons. The van der Waals surface area contributed by atoms with Crippen molar-refractivity contribution in [2.75, 3.05) is 13.2 Å². The van der Waals surface area contributed by atoms with E-state index in [1.54, 1.807) is 18.2 Å². The van der Waals surface area contributed by atoms with Crippen LogP contribution in [0.15, 0.2) is 54.6 Å². The zero-order valence-electron chi connectivity index (χ0n) is 12.2. The summed E-state index contributed by atoms with van der Waals surface area (Å²) in [5, 5.41) is 19.0. The minimum absolute atomic E-state index is 0.0270. The van der Waals surface area contributed by atoms with Crippen molar-refractivity contribution in [3.8, 4) is 17.6 Å². The number of nitriles is 1. The van der Waals surface area contributed by atoms with Crippen LogP contribution in [0.3, 0.4) is 0 Å². The summed E-state index contributed by atoms with van der Waals surface area (Å²) in [7, 11) is 0. The highest BCUT2D eigenvalue weighted by Crippen LogP contribution is 2.17. The van der Waals surface area contributed by atoms with Crippen molar-refractivity contribution in [1.29, 1.82) is 5.26 Å². The molecular formula is C17H14N2O4. The molecule has 2 aromatic carbocycles. The Balaban J connectivity index is 1.75. The summed E-state index contributed by atoms with van der Waals surface area (Å²) >= 11 is 0. The lowest BCUT2D eigenvalue weighted by Gasteiger charge is -2.08. The summed E-state index contributed by atoms with van der Waals surface area (Å²) in [6.07, 6.45) is 3.12. The Morgan fingerprint density at radius 3 is 2.00 bits per heavy atom. The fraction of sp³-hybridized carbons (Fsp3) is 0.118. The maximum Gasteiger partial charge on any atom is 0.269 e. The van der Waals surface area contributed by atoms with Crippen LogP contribution in [0.5, 0.6) is 11.5 Å². The molecule has 0 aliphatic rings. The van der Waals surface area contributed by atoms with Crippen molar-refractivity contribution in [2.45, 2.75) is 0 Å². The zero-order valence-corrected chi connectivity index (χ0v) is 12.2. The molecule has 0 aromatic heterocycles. The molecule has 2 rings (SSSR count). The molecule has 116 valence electrons. The van der Waals surface area contributed by atoms with Crippen molar-refractivity contribution in [3.63, 3.8) is 0 Å². The number of nitrogens with zero attached hydrogens (tertiary/aromatic N) is 2. The van der Waals surface area contributed by atoms with E-state index in [0.717, 1.165) is 5.56 Å². The number of ether oxygens (including phenoxy) is 2. The number of non-ortho nitro benzene ring substituents is 1.